The second kappa shape index (κ2) is 7.04. The lowest BCUT2D eigenvalue weighted by Gasteiger charge is -2.14. The normalized spacial score (nSPS) is 10.9. The fourth-order valence-electron chi connectivity index (χ4n) is 2.98. The summed E-state index contributed by atoms with van der Waals surface area (Å²) < 4.78 is 11.9. The summed E-state index contributed by atoms with van der Waals surface area (Å²) in [6.07, 6.45) is 0. The molecule has 0 aliphatic rings. The Hall–Kier alpha value is -2.71. The van der Waals surface area contributed by atoms with E-state index in [1.165, 1.54) is 0 Å². The minimum absolute atomic E-state index is 0.473. The largest absolute Gasteiger partial charge is 0.490 e. The third-order valence-electron chi connectivity index (χ3n) is 4.12. The highest BCUT2D eigenvalue weighted by molar-refractivity contribution is 6.31. The van der Waals surface area contributed by atoms with Crippen LogP contribution in [0.3, 0.4) is 0 Å². The van der Waals surface area contributed by atoms with Crippen molar-refractivity contribution in [1.29, 1.82) is 0 Å². The molecule has 4 rings (SSSR count). The number of benzene rings is 4. The quantitative estimate of drug-likeness (QED) is 0.320. The first kappa shape index (κ1) is 15.8. The van der Waals surface area contributed by atoms with Gasteiger partial charge < -0.3 is 9.47 Å². The van der Waals surface area contributed by atoms with E-state index in [2.05, 4.69) is 18.2 Å². The molecule has 25 heavy (non-hydrogen) atoms. The van der Waals surface area contributed by atoms with Crippen molar-refractivity contribution in [3.63, 3.8) is 0 Å². The van der Waals surface area contributed by atoms with E-state index in [9.17, 15) is 0 Å². The van der Waals surface area contributed by atoms with Gasteiger partial charge in [-0.05, 0) is 47.2 Å². The van der Waals surface area contributed by atoms with Gasteiger partial charge in [-0.3, -0.25) is 0 Å². The maximum absolute atomic E-state index is 6.16. The van der Waals surface area contributed by atoms with Gasteiger partial charge in [0, 0.05) is 15.8 Å². The molecule has 2 nitrogen and oxygen atoms in total. The molecule has 0 fully saturated rings. The molecule has 0 aliphatic carbocycles. The van der Waals surface area contributed by atoms with Crippen molar-refractivity contribution in [3.05, 3.63) is 83.9 Å². The number of hydrogen-bond donors (Lipinski definition) is 0. The second-order valence-corrected chi connectivity index (χ2v) is 6.24. The molecule has 3 heteroatoms. The number of hydrogen-bond acceptors (Lipinski definition) is 2. The monoisotopic (exact) mass is 348 g/mol. The summed E-state index contributed by atoms with van der Waals surface area (Å²) in [5.41, 5.74) is 0. The predicted octanol–water partition coefficient (Wildman–Crippen LogP) is 6.10. The molecule has 0 saturated carbocycles. The predicted molar refractivity (Wildman–Crippen MR) is 104 cm³/mol. The van der Waals surface area contributed by atoms with Gasteiger partial charge in [-0.25, -0.2) is 0 Å². The molecule has 0 N–H and O–H groups in total. The summed E-state index contributed by atoms with van der Waals surface area (Å²) in [5, 5.41) is 5.09. The Morgan fingerprint density at radius 3 is 2.24 bits per heavy atom. The lowest BCUT2D eigenvalue weighted by Crippen LogP contribution is -2.09. The fourth-order valence-corrected chi connectivity index (χ4v) is 3.16. The van der Waals surface area contributed by atoms with Gasteiger partial charge in [-0.15, -0.1) is 0 Å². The molecule has 124 valence electrons. The van der Waals surface area contributed by atoms with E-state index in [-0.39, 0.29) is 0 Å². The molecular weight excluding hydrogens is 332 g/mol. The van der Waals surface area contributed by atoms with E-state index in [4.69, 9.17) is 21.1 Å². The summed E-state index contributed by atoms with van der Waals surface area (Å²) in [5.74, 6) is 1.72. The van der Waals surface area contributed by atoms with Gasteiger partial charge in [-0.2, -0.15) is 0 Å². The zero-order valence-corrected chi connectivity index (χ0v) is 14.4. The van der Waals surface area contributed by atoms with E-state index in [1.54, 1.807) is 0 Å². The second-order valence-electron chi connectivity index (χ2n) is 5.80. The third-order valence-corrected chi connectivity index (χ3v) is 4.35. The minimum atomic E-state index is 0.473. The molecule has 0 aliphatic heterocycles. The highest BCUT2D eigenvalue weighted by atomic mass is 35.5. The molecule has 0 atom stereocenters. The summed E-state index contributed by atoms with van der Waals surface area (Å²) in [6.45, 7) is 0.961. The van der Waals surface area contributed by atoms with Crippen LogP contribution >= 0.6 is 11.6 Å². The van der Waals surface area contributed by atoms with Gasteiger partial charge in [-0.1, -0.05) is 54.1 Å². The van der Waals surface area contributed by atoms with E-state index < -0.39 is 0 Å². The van der Waals surface area contributed by atoms with E-state index in [1.807, 2.05) is 60.7 Å². The average Bonchev–Trinajstić information content (AvgIpc) is 2.65. The molecule has 4 aromatic rings. The van der Waals surface area contributed by atoms with Crippen molar-refractivity contribution in [2.24, 2.45) is 0 Å². The smallest absolute Gasteiger partial charge is 0.135 e. The highest BCUT2D eigenvalue weighted by Crippen LogP contribution is 2.36. The fraction of sp³-hybridized carbons (Fsp3) is 0.0909. The summed E-state index contributed by atoms with van der Waals surface area (Å²) in [6, 6.07) is 26.0. The Labute approximate surface area is 151 Å². The Kier molecular flexibility index (Phi) is 4.45. The highest BCUT2D eigenvalue weighted by Gasteiger charge is 2.09. The first-order chi connectivity index (χ1) is 12.3. The number of ether oxygens (including phenoxy) is 2. The lowest BCUT2D eigenvalue weighted by atomic mass is 10.0. The van der Waals surface area contributed by atoms with Gasteiger partial charge in [0.25, 0.3) is 0 Å². The van der Waals surface area contributed by atoms with Gasteiger partial charge in [0.2, 0.25) is 0 Å². The van der Waals surface area contributed by atoms with Crippen LogP contribution in [0.1, 0.15) is 0 Å². The van der Waals surface area contributed by atoms with Crippen LogP contribution in [-0.4, -0.2) is 13.2 Å². The number of halogens is 1. The number of rotatable bonds is 5. The first-order valence-electron chi connectivity index (χ1n) is 8.23. The lowest BCUT2D eigenvalue weighted by molar-refractivity contribution is 0.220. The molecule has 0 heterocycles. The molecule has 0 aromatic heterocycles. The summed E-state index contributed by atoms with van der Waals surface area (Å²) >= 11 is 6.16. The topological polar surface area (TPSA) is 18.5 Å². The number of fused-ring (bicyclic) bond motifs is 2. The molecule has 0 bridgehead atoms. The average molecular weight is 349 g/mol. The van der Waals surface area contributed by atoms with Crippen LogP contribution in [-0.2, 0) is 0 Å². The van der Waals surface area contributed by atoms with E-state index >= 15 is 0 Å². The first-order valence-corrected chi connectivity index (χ1v) is 8.61. The number of para-hydroxylation sites is 1. The van der Waals surface area contributed by atoms with Crippen LogP contribution in [0.5, 0.6) is 11.5 Å². The Bertz CT molecular complexity index is 1010. The van der Waals surface area contributed by atoms with Crippen LogP contribution in [0.25, 0.3) is 21.5 Å². The zero-order valence-electron chi connectivity index (χ0n) is 13.6. The Morgan fingerprint density at radius 2 is 1.36 bits per heavy atom. The van der Waals surface area contributed by atoms with Gasteiger partial charge in [0.15, 0.2) is 0 Å². The third kappa shape index (κ3) is 3.40. The molecular formula is C22H17ClO2. The molecule has 0 radical (unpaired) electrons. The van der Waals surface area contributed by atoms with Crippen molar-refractivity contribution in [2.75, 3.05) is 13.2 Å². The molecule has 4 aromatic carbocycles. The summed E-state index contributed by atoms with van der Waals surface area (Å²) in [4.78, 5) is 0. The van der Waals surface area contributed by atoms with Gasteiger partial charge in [0.1, 0.15) is 24.7 Å². The zero-order chi connectivity index (χ0) is 17.1. The van der Waals surface area contributed by atoms with Crippen molar-refractivity contribution >= 4 is 33.1 Å². The maximum Gasteiger partial charge on any atom is 0.135 e. The summed E-state index contributed by atoms with van der Waals surface area (Å²) in [7, 11) is 0. The molecule has 0 unspecified atom stereocenters. The Morgan fingerprint density at radius 1 is 0.640 bits per heavy atom. The van der Waals surface area contributed by atoms with Crippen LogP contribution in [0, 0.1) is 0 Å². The van der Waals surface area contributed by atoms with Crippen LogP contribution in [0.4, 0.5) is 0 Å². The maximum atomic E-state index is 6.16. The molecule has 0 amide bonds. The standard InChI is InChI=1S/C22H17ClO2/c23-18-10-11-21-17(15-18)14-16-6-4-5-9-20(16)22(21)25-13-12-24-19-7-2-1-3-8-19/h1-11,14-15H,12-13H2. The van der Waals surface area contributed by atoms with Crippen LogP contribution in [0.2, 0.25) is 5.02 Å². The Balaban J connectivity index is 1.62. The van der Waals surface area contributed by atoms with E-state index in [0.29, 0.717) is 13.2 Å². The van der Waals surface area contributed by atoms with E-state index in [0.717, 1.165) is 38.1 Å². The van der Waals surface area contributed by atoms with Crippen molar-refractivity contribution in [2.45, 2.75) is 0 Å². The van der Waals surface area contributed by atoms with Crippen molar-refractivity contribution < 1.29 is 9.47 Å². The molecule has 0 spiro atoms. The van der Waals surface area contributed by atoms with Gasteiger partial charge in [0.05, 0.1) is 0 Å². The molecule has 0 saturated heterocycles. The van der Waals surface area contributed by atoms with Gasteiger partial charge >= 0.3 is 0 Å². The van der Waals surface area contributed by atoms with Crippen LogP contribution in [0.15, 0.2) is 78.9 Å². The van der Waals surface area contributed by atoms with Crippen molar-refractivity contribution in [3.8, 4) is 11.5 Å². The van der Waals surface area contributed by atoms with Crippen LogP contribution < -0.4 is 9.47 Å². The minimum Gasteiger partial charge on any atom is -0.490 e. The SMILES string of the molecule is Clc1ccc2c(OCCOc3ccccc3)c3ccccc3cc2c1. The van der Waals surface area contributed by atoms with Crippen molar-refractivity contribution in [1.82, 2.24) is 0 Å².